The Morgan fingerprint density at radius 1 is 1.36 bits per heavy atom. The molecule has 0 aliphatic heterocycles. The van der Waals surface area contributed by atoms with Gasteiger partial charge in [0.25, 0.3) is 0 Å². The van der Waals surface area contributed by atoms with Crippen molar-refractivity contribution in [2.45, 2.75) is 32.6 Å². The van der Waals surface area contributed by atoms with Crippen molar-refractivity contribution in [3.8, 4) is 0 Å². The fraction of sp³-hybridized carbons (Fsp3) is 0.714. The molecule has 0 fully saturated rings. The third-order valence-corrected chi connectivity index (χ3v) is 1.42. The highest BCUT2D eigenvalue weighted by Gasteiger charge is 1.94. The van der Waals surface area contributed by atoms with Crippen LogP contribution in [0.25, 0.3) is 0 Å². The molecule has 1 aromatic heterocycles. The number of hydrogen-bond donors (Lipinski definition) is 0. The van der Waals surface area contributed by atoms with Gasteiger partial charge in [-0.15, -0.1) is 20.4 Å². The molecule has 4 heteroatoms. The molecular weight excluding hydrogens is 140 g/mol. The first kappa shape index (κ1) is 6.64. The van der Waals surface area contributed by atoms with Gasteiger partial charge in [-0.2, -0.15) is 0 Å². The molecule has 0 unspecified atom stereocenters. The van der Waals surface area contributed by atoms with Crippen molar-refractivity contribution < 1.29 is 1.37 Å². The largest absolute Gasteiger partial charge is 0.173 e. The van der Waals surface area contributed by atoms with E-state index in [9.17, 15) is 0 Å². The summed E-state index contributed by atoms with van der Waals surface area (Å²) in [6, 6.07) is 0. The van der Waals surface area contributed by atoms with Crippen molar-refractivity contribution in [1.29, 1.82) is 0 Å². The van der Waals surface area contributed by atoms with Crippen LogP contribution in [-0.2, 0) is 6.42 Å². The van der Waals surface area contributed by atoms with Gasteiger partial charge in [-0.1, -0.05) is 19.8 Å². The zero-order valence-corrected chi connectivity index (χ0v) is 6.62. The molecule has 1 heterocycles. The average molecular weight is 153 g/mol. The smallest absolute Gasteiger partial charge is 0.135 e. The van der Waals surface area contributed by atoms with Gasteiger partial charge in [-0.05, 0) is 6.42 Å². The van der Waals surface area contributed by atoms with E-state index < -0.39 is 0 Å². The van der Waals surface area contributed by atoms with Crippen molar-refractivity contribution in [2.75, 3.05) is 0 Å². The van der Waals surface area contributed by atoms with Gasteiger partial charge in [0, 0.05) is 6.42 Å². The lowest BCUT2D eigenvalue weighted by atomic mass is 10.2. The second-order valence-corrected chi connectivity index (χ2v) is 2.37. The summed E-state index contributed by atoms with van der Waals surface area (Å²) < 4.78 is 6.96. The molecule has 0 aromatic carbocycles. The number of unbranched alkanes of at least 4 members (excludes halogenated alkanes) is 2. The Morgan fingerprint density at radius 3 is 2.73 bits per heavy atom. The fourth-order valence-electron chi connectivity index (χ4n) is 0.833. The van der Waals surface area contributed by atoms with E-state index in [0.717, 1.165) is 12.8 Å². The van der Waals surface area contributed by atoms with Gasteiger partial charge in [-0.3, -0.25) is 0 Å². The van der Waals surface area contributed by atoms with Crippen LogP contribution in [0.2, 0.25) is 0 Å². The Bertz CT molecular complexity index is 223. The summed E-state index contributed by atoms with van der Waals surface area (Å²) in [5.74, 6) is 0.638. The van der Waals surface area contributed by atoms with E-state index in [0.29, 0.717) is 5.82 Å². The topological polar surface area (TPSA) is 51.6 Å². The van der Waals surface area contributed by atoms with Crippen LogP contribution in [0.4, 0.5) is 0 Å². The maximum Gasteiger partial charge on any atom is 0.173 e. The molecule has 4 nitrogen and oxygen atoms in total. The van der Waals surface area contributed by atoms with Crippen molar-refractivity contribution in [2.24, 2.45) is 0 Å². The Morgan fingerprint density at radius 2 is 2.09 bits per heavy atom. The van der Waals surface area contributed by atoms with Crippen LogP contribution < -0.4 is 0 Å². The van der Waals surface area contributed by atoms with Crippen LogP contribution in [0.1, 0.15) is 33.4 Å². The Hall–Kier alpha value is -1.06. The molecule has 0 amide bonds. The third kappa shape index (κ3) is 3.02. The summed E-state index contributed by atoms with van der Waals surface area (Å²) in [5, 5.41) is 14.5. The van der Waals surface area contributed by atoms with Crippen LogP contribution in [0.15, 0.2) is 6.30 Å². The molecule has 0 radical (unpaired) electrons. The molecule has 60 valence electrons. The second kappa shape index (κ2) is 4.71. The minimum Gasteiger partial charge on any atom is -0.135 e. The Labute approximate surface area is 67.5 Å². The predicted molar refractivity (Wildman–Crippen MR) is 40.9 cm³/mol. The van der Waals surface area contributed by atoms with Gasteiger partial charge < -0.3 is 0 Å². The van der Waals surface area contributed by atoms with Gasteiger partial charge in [0.1, 0.15) is 1.37 Å². The highest BCUT2D eigenvalue weighted by molar-refractivity contribution is 4.75. The average Bonchev–Trinajstić information content (AvgIpc) is 2.09. The van der Waals surface area contributed by atoms with Gasteiger partial charge in [0.2, 0.25) is 0 Å². The zero-order chi connectivity index (χ0) is 8.81. The maximum absolute atomic E-state index is 6.96. The lowest BCUT2D eigenvalue weighted by Gasteiger charge is -1.94. The van der Waals surface area contributed by atoms with Crippen LogP contribution in [0.3, 0.4) is 0 Å². The molecule has 0 spiro atoms. The molecule has 0 N–H and O–H groups in total. The summed E-state index contributed by atoms with van der Waals surface area (Å²) in [7, 11) is 0. The van der Waals surface area contributed by atoms with Crippen LogP contribution >= 0.6 is 0 Å². The number of nitrogens with zero attached hydrogens (tertiary/aromatic N) is 4. The highest BCUT2D eigenvalue weighted by atomic mass is 15.3. The highest BCUT2D eigenvalue weighted by Crippen LogP contribution is 1.98. The van der Waals surface area contributed by atoms with E-state index in [1.165, 1.54) is 12.8 Å². The number of hydrogen-bond acceptors (Lipinski definition) is 4. The second-order valence-electron chi connectivity index (χ2n) is 2.37. The quantitative estimate of drug-likeness (QED) is 0.605. The third-order valence-electron chi connectivity index (χ3n) is 1.42. The first-order valence-electron chi connectivity index (χ1n) is 4.36. The lowest BCUT2D eigenvalue weighted by molar-refractivity contribution is 0.662. The fourth-order valence-corrected chi connectivity index (χ4v) is 0.833. The van der Waals surface area contributed by atoms with E-state index in [4.69, 9.17) is 1.37 Å². The molecule has 0 aliphatic rings. The predicted octanol–water partition coefficient (Wildman–Crippen LogP) is 0.999. The molecule has 0 bridgehead atoms. The first-order chi connectivity index (χ1) is 5.83. The minimum absolute atomic E-state index is 0.116. The number of aryl methyl sites for hydroxylation is 1. The summed E-state index contributed by atoms with van der Waals surface area (Å²) in [6.07, 6.45) is 4.11. The van der Waals surface area contributed by atoms with E-state index in [1.807, 2.05) is 0 Å². The molecule has 1 rings (SSSR count). The summed E-state index contributed by atoms with van der Waals surface area (Å²) in [5.41, 5.74) is 0. The standard InChI is InChI=1S/C7H12N4/c1-2-3-4-5-7-10-8-6-9-11-7/h6H,2-5H2,1H3/i6D. The van der Waals surface area contributed by atoms with Crippen LogP contribution in [0, 0.1) is 0 Å². The summed E-state index contributed by atoms with van der Waals surface area (Å²) in [6.45, 7) is 2.14. The normalized spacial score (nSPS) is 11.2. The molecule has 0 saturated heterocycles. The minimum atomic E-state index is -0.116. The first-order valence-corrected chi connectivity index (χ1v) is 3.86. The Balaban J connectivity index is 2.37. The van der Waals surface area contributed by atoms with Crippen molar-refractivity contribution in [3.05, 3.63) is 12.1 Å². The van der Waals surface area contributed by atoms with Gasteiger partial charge >= 0.3 is 0 Å². The lowest BCUT2D eigenvalue weighted by Crippen LogP contribution is -1.98. The van der Waals surface area contributed by atoms with Crippen LogP contribution in [-0.4, -0.2) is 20.4 Å². The maximum atomic E-state index is 6.96. The zero-order valence-electron chi connectivity index (χ0n) is 7.62. The van der Waals surface area contributed by atoms with Gasteiger partial charge in [0.05, 0.1) is 0 Å². The summed E-state index contributed by atoms with van der Waals surface area (Å²) >= 11 is 0. The van der Waals surface area contributed by atoms with Crippen LogP contribution in [0.5, 0.6) is 0 Å². The molecule has 0 atom stereocenters. The molecule has 11 heavy (non-hydrogen) atoms. The van der Waals surface area contributed by atoms with Crippen molar-refractivity contribution >= 4 is 0 Å². The van der Waals surface area contributed by atoms with Gasteiger partial charge in [0.15, 0.2) is 12.1 Å². The molecular formula is C7H12N4. The van der Waals surface area contributed by atoms with E-state index in [1.54, 1.807) is 0 Å². The van der Waals surface area contributed by atoms with E-state index >= 15 is 0 Å². The summed E-state index contributed by atoms with van der Waals surface area (Å²) in [4.78, 5) is 0. The molecule has 1 aromatic rings. The van der Waals surface area contributed by atoms with Gasteiger partial charge in [-0.25, -0.2) is 0 Å². The van der Waals surface area contributed by atoms with E-state index in [2.05, 4.69) is 27.3 Å². The molecule has 0 aliphatic carbocycles. The number of aromatic nitrogens is 4. The monoisotopic (exact) mass is 153 g/mol. The van der Waals surface area contributed by atoms with E-state index in [-0.39, 0.29) is 6.30 Å². The van der Waals surface area contributed by atoms with Crippen molar-refractivity contribution in [3.63, 3.8) is 0 Å². The number of rotatable bonds is 4. The molecule has 0 saturated carbocycles. The SMILES string of the molecule is [2H]c1nnc(CCCCC)nn1. The van der Waals surface area contributed by atoms with Crippen molar-refractivity contribution in [1.82, 2.24) is 20.4 Å². The Kier molecular flexibility index (Phi) is 2.84.